The van der Waals surface area contributed by atoms with Crippen molar-refractivity contribution < 1.29 is 9.90 Å². The van der Waals surface area contributed by atoms with E-state index in [-0.39, 0.29) is 5.92 Å². The van der Waals surface area contributed by atoms with Gasteiger partial charge in [0.05, 0.1) is 5.92 Å². The van der Waals surface area contributed by atoms with Crippen molar-refractivity contribution in [2.45, 2.75) is 18.9 Å². The van der Waals surface area contributed by atoms with Gasteiger partial charge in [0.25, 0.3) is 0 Å². The molecule has 2 saturated heterocycles. The largest absolute Gasteiger partial charge is 0.481 e. The Balaban J connectivity index is 1.34. The van der Waals surface area contributed by atoms with Crippen LogP contribution in [0.3, 0.4) is 0 Å². The summed E-state index contributed by atoms with van der Waals surface area (Å²) in [5.74, 6) is -0.541. The number of nitrogens with zero attached hydrogens (tertiary/aromatic N) is 2. The van der Waals surface area contributed by atoms with Crippen LogP contribution in [0.1, 0.15) is 23.5 Å². The van der Waals surface area contributed by atoms with E-state index in [0.717, 1.165) is 48.2 Å². The molecule has 0 bridgehead atoms. The third kappa shape index (κ3) is 3.93. The molecular formula is C21H22Cl2N2O2. The molecule has 2 aromatic carbocycles. The summed E-state index contributed by atoms with van der Waals surface area (Å²) in [5, 5.41) is 10.6. The van der Waals surface area contributed by atoms with Gasteiger partial charge in [-0.1, -0.05) is 41.4 Å². The Hall–Kier alpha value is -1.75. The van der Waals surface area contributed by atoms with E-state index in [9.17, 15) is 4.79 Å². The summed E-state index contributed by atoms with van der Waals surface area (Å²) < 4.78 is 0. The second-order valence-electron chi connectivity index (χ2n) is 7.46. The van der Waals surface area contributed by atoms with Crippen LogP contribution >= 0.6 is 23.2 Å². The summed E-state index contributed by atoms with van der Waals surface area (Å²) in [6.45, 7) is 4.13. The topological polar surface area (TPSA) is 43.8 Å². The number of halogens is 2. The standard InChI is InChI=1S/C21H22Cl2N2O2/c22-18-2-1-3-19(23)20(18)16-12-25(13-16)17-6-4-14(5-7-17)10-24-9-8-15(11-24)21(26)27/h1-7,15-16H,8-13H2,(H,26,27)/t15-/m1/s1. The zero-order valence-corrected chi connectivity index (χ0v) is 16.5. The summed E-state index contributed by atoms with van der Waals surface area (Å²) in [4.78, 5) is 15.6. The van der Waals surface area contributed by atoms with Gasteiger partial charge in [-0.05, 0) is 48.4 Å². The second-order valence-corrected chi connectivity index (χ2v) is 8.28. The number of carbonyl (C=O) groups is 1. The number of rotatable bonds is 5. The number of hydrogen-bond acceptors (Lipinski definition) is 3. The molecule has 0 spiro atoms. The van der Waals surface area contributed by atoms with Crippen LogP contribution in [0.5, 0.6) is 0 Å². The van der Waals surface area contributed by atoms with E-state index < -0.39 is 5.97 Å². The molecule has 1 N–H and O–H groups in total. The summed E-state index contributed by atoms with van der Waals surface area (Å²) in [7, 11) is 0. The first-order chi connectivity index (χ1) is 13.0. The Labute approximate surface area is 169 Å². The van der Waals surface area contributed by atoms with Crippen molar-refractivity contribution in [1.29, 1.82) is 0 Å². The smallest absolute Gasteiger partial charge is 0.307 e. The molecule has 0 amide bonds. The molecule has 0 aromatic heterocycles. The predicted octanol–water partition coefficient (Wildman–Crippen LogP) is 4.50. The van der Waals surface area contributed by atoms with Gasteiger partial charge in [-0.3, -0.25) is 9.69 Å². The van der Waals surface area contributed by atoms with Crippen LogP contribution in [0.4, 0.5) is 5.69 Å². The summed E-state index contributed by atoms with van der Waals surface area (Å²) in [6, 6.07) is 14.2. The lowest BCUT2D eigenvalue weighted by Crippen LogP contribution is -2.45. The minimum atomic E-state index is -0.682. The van der Waals surface area contributed by atoms with E-state index in [1.54, 1.807) is 0 Å². The number of aliphatic carboxylic acids is 1. The molecule has 0 radical (unpaired) electrons. The average Bonchev–Trinajstić information content (AvgIpc) is 3.06. The Morgan fingerprint density at radius 2 is 1.70 bits per heavy atom. The number of carboxylic acid groups (broad SMARTS) is 1. The number of benzene rings is 2. The molecule has 2 aliphatic heterocycles. The highest BCUT2D eigenvalue weighted by atomic mass is 35.5. The van der Waals surface area contributed by atoms with Gasteiger partial charge in [0, 0.05) is 47.8 Å². The highest BCUT2D eigenvalue weighted by Crippen LogP contribution is 2.38. The quantitative estimate of drug-likeness (QED) is 0.796. The fourth-order valence-corrected chi connectivity index (χ4v) is 4.73. The minimum Gasteiger partial charge on any atom is -0.481 e. The van der Waals surface area contributed by atoms with E-state index >= 15 is 0 Å². The molecular weight excluding hydrogens is 383 g/mol. The number of hydrogen-bond donors (Lipinski definition) is 1. The van der Waals surface area contributed by atoms with Crippen molar-refractivity contribution in [3.05, 3.63) is 63.6 Å². The molecule has 0 unspecified atom stereocenters. The normalized spacial score (nSPS) is 20.7. The van der Waals surface area contributed by atoms with Crippen LogP contribution in [-0.4, -0.2) is 42.2 Å². The molecule has 4 rings (SSSR count). The van der Waals surface area contributed by atoms with Crippen LogP contribution in [-0.2, 0) is 11.3 Å². The van der Waals surface area contributed by atoms with Gasteiger partial charge in [-0.15, -0.1) is 0 Å². The van der Waals surface area contributed by atoms with Gasteiger partial charge >= 0.3 is 5.97 Å². The fraction of sp³-hybridized carbons (Fsp3) is 0.381. The van der Waals surface area contributed by atoms with Crippen molar-refractivity contribution in [2.24, 2.45) is 5.92 Å². The van der Waals surface area contributed by atoms with Gasteiger partial charge in [0.15, 0.2) is 0 Å². The molecule has 142 valence electrons. The predicted molar refractivity (Wildman–Crippen MR) is 109 cm³/mol. The maximum atomic E-state index is 11.1. The van der Waals surface area contributed by atoms with Gasteiger partial charge in [0.1, 0.15) is 0 Å². The van der Waals surface area contributed by atoms with E-state index in [0.29, 0.717) is 12.5 Å². The van der Waals surface area contributed by atoms with Gasteiger partial charge in [-0.25, -0.2) is 0 Å². The number of anilines is 1. The van der Waals surface area contributed by atoms with Crippen LogP contribution in [0, 0.1) is 5.92 Å². The van der Waals surface area contributed by atoms with Gasteiger partial charge < -0.3 is 10.0 Å². The highest BCUT2D eigenvalue weighted by Gasteiger charge is 2.31. The lowest BCUT2D eigenvalue weighted by atomic mass is 9.90. The molecule has 6 heteroatoms. The zero-order chi connectivity index (χ0) is 19.0. The summed E-state index contributed by atoms with van der Waals surface area (Å²) in [6.07, 6.45) is 0.743. The zero-order valence-electron chi connectivity index (χ0n) is 14.9. The fourth-order valence-electron chi connectivity index (χ4n) is 4.02. The average molecular weight is 405 g/mol. The molecule has 27 heavy (non-hydrogen) atoms. The molecule has 1 atom stereocenters. The molecule has 2 heterocycles. The van der Waals surface area contributed by atoms with Crippen LogP contribution in [0.15, 0.2) is 42.5 Å². The third-order valence-corrected chi connectivity index (χ3v) is 6.28. The maximum absolute atomic E-state index is 11.1. The maximum Gasteiger partial charge on any atom is 0.307 e. The highest BCUT2D eigenvalue weighted by molar-refractivity contribution is 6.36. The Morgan fingerprint density at radius 1 is 1.04 bits per heavy atom. The lowest BCUT2D eigenvalue weighted by Gasteiger charge is -2.42. The third-order valence-electron chi connectivity index (χ3n) is 5.62. The van der Waals surface area contributed by atoms with Gasteiger partial charge in [-0.2, -0.15) is 0 Å². The summed E-state index contributed by atoms with van der Waals surface area (Å²) in [5.41, 5.74) is 3.47. The van der Waals surface area contributed by atoms with E-state index in [2.05, 4.69) is 34.1 Å². The van der Waals surface area contributed by atoms with Crippen LogP contribution in [0.2, 0.25) is 10.0 Å². The Morgan fingerprint density at radius 3 is 2.30 bits per heavy atom. The van der Waals surface area contributed by atoms with Crippen LogP contribution in [0.25, 0.3) is 0 Å². The molecule has 0 saturated carbocycles. The van der Waals surface area contributed by atoms with Crippen molar-refractivity contribution in [3.63, 3.8) is 0 Å². The summed E-state index contributed by atoms with van der Waals surface area (Å²) >= 11 is 12.6. The van der Waals surface area contributed by atoms with Crippen molar-refractivity contribution in [1.82, 2.24) is 4.90 Å². The van der Waals surface area contributed by atoms with Crippen molar-refractivity contribution in [3.8, 4) is 0 Å². The molecule has 2 fully saturated rings. The van der Waals surface area contributed by atoms with E-state index in [4.69, 9.17) is 28.3 Å². The first-order valence-corrected chi connectivity index (χ1v) is 10.00. The van der Waals surface area contributed by atoms with Crippen molar-refractivity contribution >= 4 is 34.9 Å². The molecule has 2 aliphatic rings. The van der Waals surface area contributed by atoms with Crippen LogP contribution < -0.4 is 4.90 Å². The Kier molecular flexibility index (Phi) is 5.31. The number of likely N-dealkylation sites (tertiary alicyclic amines) is 1. The van der Waals surface area contributed by atoms with Gasteiger partial charge in [0.2, 0.25) is 0 Å². The molecule has 4 nitrogen and oxygen atoms in total. The first-order valence-electron chi connectivity index (χ1n) is 9.24. The molecule has 0 aliphatic carbocycles. The number of carboxylic acids is 1. The Bertz CT molecular complexity index is 814. The second kappa shape index (κ2) is 7.70. The minimum absolute atomic E-state index is 0.223. The van der Waals surface area contributed by atoms with Crippen molar-refractivity contribution in [2.75, 3.05) is 31.1 Å². The molecule has 2 aromatic rings. The monoisotopic (exact) mass is 404 g/mol. The van der Waals surface area contributed by atoms with E-state index in [1.165, 1.54) is 11.3 Å². The first kappa shape index (κ1) is 18.6. The van der Waals surface area contributed by atoms with E-state index in [1.807, 2.05) is 18.2 Å². The lowest BCUT2D eigenvalue weighted by molar-refractivity contribution is -0.141. The SMILES string of the molecule is O=C(O)[C@@H]1CCN(Cc2ccc(N3CC(c4c(Cl)cccc4Cl)C3)cc2)C1.